The van der Waals surface area contributed by atoms with Crippen LogP contribution in [0.15, 0.2) is 0 Å². The Labute approximate surface area is 104 Å². The first kappa shape index (κ1) is 14.4. The quantitative estimate of drug-likeness (QED) is 0.692. The van der Waals surface area contributed by atoms with Crippen LogP contribution in [0.4, 0.5) is 0 Å². The van der Waals surface area contributed by atoms with Crippen molar-refractivity contribution in [2.24, 2.45) is 5.73 Å². The molecule has 5 heteroatoms. The highest BCUT2D eigenvalue weighted by Crippen LogP contribution is 2.16. The summed E-state index contributed by atoms with van der Waals surface area (Å²) in [7, 11) is 2.09. The fourth-order valence-corrected chi connectivity index (χ4v) is 2.32. The highest BCUT2D eigenvalue weighted by molar-refractivity contribution is 5.77. The molecule has 0 radical (unpaired) electrons. The molecule has 0 aliphatic carbocycles. The summed E-state index contributed by atoms with van der Waals surface area (Å²) in [6, 6.07) is 0.152. The Morgan fingerprint density at radius 3 is 2.59 bits per heavy atom. The van der Waals surface area contributed by atoms with E-state index < -0.39 is 0 Å². The van der Waals surface area contributed by atoms with Crippen molar-refractivity contribution in [3.05, 3.63) is 0 Å². The van der Waals surface area contributed by atoms with Crippen LogP contribution >= 0.6 is 0 Å². The molecule has 0 aromatic heterocycles. The monoisotopic (exact) mass is 243 g/mol. The molecule has 1 atom stereocenters. The summed E-state index contributed by atoms with van der Waals surface area (Å²) in [5.41, 5.74) is 5.66. The topological polar surface area (TPSA) is 69.8 Å². The molecule has 100 valence electrons. The lowest BCUT2D eigenvalue weighted by molar-refractivity contribution is -0.135. The molecule has 1 heterocycles. The van der Waals surface area contributed by atoms with Gasteiger partial charge in [-0.15, -0.1) is 0 Å². The van der Waals surface area contributed by atoms with Gasteiger partial charge in [0.05, 0.1) is 6.61 Å². The second-order valence-electron chi connectivity index (χ2n) is 5.03. The Morgan fingerprint density at radius 1 is 1.53 bits per heavy atom. The van der Waals surface area contributed by atoms with Gasteiger partial charge in [-0.25, -0.2) is 0 Å². The summed E-state index contributed by atoms with van der Waals surface area (Å²) in [6.07, 6.45) is 2.34. The van der Waals surface area contributed by atoms with Gasteiger partial charge in [-0.05, 0) is 39.9 Å². The average molecular weight is 243 g/mol. The van der Waals surface area contributed by atoms with Crippen LogP contribution in [0.25, 0.3) is 0 Å². The molecule has 1 fully saturated rings. The third-order valence-electron chi connectivity index (χ3n) is 3.29. The van der Waals surface area contributed by atoms with E-state index in [-0.39, 0.29) is 24.6 Å². The van der Waals surface area contributed by atoms with Crippen LogP contribution in [0.1, 0.15) is 26.2 Å². The van der Waals surface area contributed by atoms with Crippen molar-refractivity contribution in [3.8, 4) is 0 Å². The van der Waals surface area contributed by atoms with Crippen molar-refractivity contribution in [1.29, 1.82) is 0 Å². The second kappa shape index (κ2) is 6.93. The van der Waals surface area contributed by atoms with E-state index in [1.807, 2.05) is 11.8 Å². The molecular formula is C12H25N3O2. The molecule has 1 rings (SSSR count). The van der Waals surface area contributed by atoms with E-state index in [4.69, 9.17) is 10.8 Å². The zero-order chi connectivity index (χ0) is 12.8. The fraction of sp³-hybridized carbons (Fsp3) is 0.917. The number of nitrogens with two attached hydrogens (primary N) is 1. The van der Waals surface area contributed by atoms with Gasteiger partial charge in [0.2, 0.25) is 5.91 Å². The smallest absolute Gasteiger partial charge is 0.224 e. The van der Waals surface area contributed by atoms with Crippen LogP contribution in [0.3, 0.4) is 0 Å². The van der Waals surface area contributed by atoms with E-state index in [9.17, 15) is 4.79 Å². The van der Waals surface area contributed by atoms with Crippen molar-refractivity contribution in [2.75, 3.05) is 33.3 Å². The van der Waals surface area contributed by atoms with E-state index in [1.165, 1.54) is 0 Å². The summed E-state index contributed by atoms with van der Waals surface area (Å²) < 4.78 is 0. The number of carbonyl (C=O) groups excluding carboxylic acids is 1. The molecule has 0 bridgehead atoms. The number of aliphatic hydroxyl groups is 1. The molecule has 1 aliphatic heterocycles. The van der Waals surface area contributed by atoms with E-state index in [2.05, 4.69) is 11.9 Å². The number of nitrogens with zero attached hydrogens (tertiary/aromatic N) is 2. The number of hydrogen-bond donors (Lipinski definition) is 2. The Morgan fingerprint density at radius 2 is 2.12 bits per heavy atom. The van der Waals surface area contributed by atoms with Gasteiger partial charge in [-0.3, -0.25) is 4.79 Å². The highest BCUT2D eigenvalue weighted by Gasteiger charge is 2.26. The van der Waals surface area contributed by atoms with Crippen LogP contribution in [-0.4, -0.2) is 66.2 Å². The molecule has 1 saturated heterocycles. The molecular weight excluding hydrogens is 218 g/mol. The van der Waals surface area contributed by atoms with Crippen LogP contribution < -0.4 is 5.73 Å². The van der Waals surface area contributed by atoms with Crippen LogP contribution in [0.2, 0.25) is 0 Å². The Kier molecular flexibility index (Phi) is 5.88. The molecule has 1 unspecified atom stereocenters. The van der Waals surface area contributed by atoms with Crippen LogP contribution in [0.5, 0.6) is 0 Å². The van der Waals surface area contributed by atoms with Gasteiger partial charge in [0, 0.05) is 25.0 Å². The number of aliphatic hydroxyl groups excluding tert-OH is 1. The van der Waals surface area contributed by atoms with Crippen LogP contribution in [-0.2, 0) is 4.79 Å². The van der Waals surface area contributed by atoms with Gasteiger partial charge >= 0.3 is 0 Å². The predicted molar refractivity (Wildman–Crippen MR) is 67.6 cm³/mol. The van der Waals surface area contributed by atoms with E-state index in [1.54, 1.807) is 0 Å². The molecule has 1 aliphatic rings. The van der Waals surface area contributed by atoms with Crippen LogP contribution in [0, 0.1) is 0 Å². The van der Waals surface area contributed by atoms with Crippen molar-refractivity contribution in [1.82, 2.24) is 9.80 Å². The van der Waals surface area contributed by atoms with Gasteiger partial charge in [0.1, 0.15) is 0 Å². The maximum atomic E-state index is 12.0. The van der Waals surface area contributed by atoms with Crippen molar-refractivity contribution >= 4 is 5.91 Å². The molecule has 5 nitrogen and oxygen atoms in total. The molecule has 0 spiro atoms. The maximum Gasteiger partial charge on any atom is 0.224 e. The fourth-order valence-electron chi connectivity index (χ4n) is 2.32. The molecule has 0 aromatic carbocycles. The number of amides is 1. The van der Waals surface area contributed by atoms with Gasteiger partial charge in [-0.1, -0.05) is 0 Å². The van der Waals surface area contributed by atoms with E-state index >= 15 is 0 Å². The minimum absolute atomic E-state index is 0.0248. The normalized spacial score (nSPS) is 20.2. The summed E-state index contributed by atoms with van der Waals surface area (Å²) >= 11 is 0. The molecule has 0 aromatic rings. The molecule has 0 saturated carbocycles. The molecule has 3 N–H and O–H groups in total. The zero-order valence-corrected chi connectivity index (χ0v) is 10.9. The number of carbonyl (C=O) groups is 1. The third-order valence-corrected chi connectivity index (χ3v) is 3.29. The Hall–Kier alpha value is -0.650. The highest BCUT2D eigenvalue weighted by atomic mass is 16.3. The van der Waals surface area contributed by atoms with Crippen molar-refractivity contribution in [2.45, 2.75) is 38.3 Å². The average Bonchev–Trinajstić information content (AvgIpc) is 2.26. The number of likely N-dealkylation sites (tertiary alicyclic amines) is 1. The van der Waals surface area contributed by atoms with E-state index in [0.29, 0.717) is 13.0 Å². The van der Waals surface area contributed by atoms with Gasteiger partial charge in [-0.2, -0.15) is 0 Å². The number of rotatable bonds is 5. The number of hydrogen-bond acceptors (Lipinski definition) is 4. The molecule has 1 amide bonds. The zero-order valence-electron chi connectivity index (χ0n) is 10.9. The summed E-state index contributed by atoms with van der Waals surface area (Å²) in [5.74, 6) is 0.0728. The lowest BCUT2D eigenvalue weighted by atomic mass is 10.0. The summed E-state index contributed by atoms with van der Waals surface area (Å²) in [4.78, 5) is 16.1. The lowest BCUT2D eigenvalue weighted by Crippen LogP contribution is -2.48. The minimum atomic E-state index is -0.116. The SMILES string of the molecule is CC(N)CC(=O)N(CCO)C1CCN(C)CC1. The summed E-state index contributed by atoms with van der Waals surface area (Å²) in [6.45, 7) is 4.32. The first-order valence-corrected chi connectivity index (χ1v) is 6.39. The van der Waals surface area contributed by atoms with Gasteiger partial charge in [0.25, 0.3) is 0 Å². The minimum Gasteiger partial charge on any atom is -0.395 e. The molecule has 17 heavy (non-hydrogen) atoms. The Balaban J connectivity index is 2.55. The third kappa shape index (κ3) is 4.61. The largest absolute Gasteiger partial charge is 0.395 e. The standard InChI is InChI=1S/C12H25N3O2/c1-10(13)9-12(17)15(7-8-16)11-3-5-14(2)6-4-11/h10-11,16H,3-9,13H2,1-2H3. The second-order valence-corrected chi connectivity index (χ2v) is 5.03. The predicted octanol–water partition coefficient (Wildman–Crippen LogP) is -0.361. The first-order valence-electron chi connectivity index (χ1n) is 6.39. The Bertz CT molecular complexity index is 238. The number of piperidine rings is 1. The van der Waals surface area contributed by atoms with Crippen molar-refractivity contribution in [3.63, 3.8) is 0 Å². The first-order chi connectivity index (χ1) is 8.04. The van der Waals surface area contributed by atoms with Crippen molar-refractivity contribution < 1.29 is 9.90 Å². The summed E-state index contributed by atoms with van der Waals surface area (Å²) in [5, 5.41) is 9.07. The van der Waals surface area contributed by atoms with E-state index in [0.717, 1.165) is 25.9 Å². The lowest BCUT2D eigenvalue weighted by Gasteiger charge is -2.37. The maximum absolute atomic E-state index is 12.0. The van der Waals surface area contributed by atoms with Gasteiger partial charge in [0.15, 0.2) is 0 Å². The van der Waals surface area contributed by atoms with Gasteiger partial charge < -0.3 is 20.6 Å².